The van der Waals surface area contributed by atoms with Crippen LogP contribution in [0, 0.1) is 27.7 Å². The van der Waals surface area contributed by atoms with Crippen molar-refractivity contribution in [3.05, 3.63) is 63.7 Å². The summed E-state index contributed by atoms with van der Waals surface area (Å²) in [6.07, 6.45) is 0. The Labute approximate surface area is 121 Å². The van der Waals surface area contributed by atoms with Crippen LogP contribution in [0.4, 0.5) is 0 Å². The van der Waals surface area contributed by atoms with E-state index in [1.54, 1.807) is 7.11 Å². The molecule has 0 bridgehead atoms. The van der Waals surface area contributed by atoms with Crippen molar-refractivity contribution in [3.8, 4) is 5.75 Å². The lowest BCUT2D eigenvalue weighted by atomic mass is 9.91. The zero-order valence-corrected chi connectivity index (χ0v) is 12.9. The summed E-state index contributed by atoms with van der Waals surface area (Å²) in [6, 6.07) is 10.5. The fourth-order valence-electron chi connectivity index (χ4n) is 2.71. The highest BCUT2D eigenvalue weighted by Gasteiger charge is 2.15. The Morgan fingerprint density at radius 1 is 0.850 bits per heavy atom. The molecule has 0 fully saturated rings. The summed E-state index contributed by atoms with van der Waals surface area (Å²) in [4.78, 5) is 0. The van der Waals surface area contributed by atoms with Gasteiger partial charge in [0.2, 0.25) is 0 Å². The van der Waals surface area contributed by atoms with Crippen LogP contribution < -0.4 is 10.5 Å². The Kier molecular flexibility index (Phi) is 4.15. The summed E-state index contributed by atoms with van der Waals surface area (Å²) in [7, 11) is 1.70. The molecule has 0 amide bonds. The zero-order valence-electron chi connectivity index (χ0n) is 12.9. The van der Waals surface area contributed by atoms with Crippen LogP contribution >= 0.6 is 0 Å². The second-order valence-corrected chi connectivity index (χ2v) is 5.52. The van der Waals surface area contributed by atoms with E-state index < -0.39 is 0 Å². The first-order valence-electron chi connectivity index (χ1n) is 6.92. The van der Waals surface area contributed by atoms with Crippen molar-refractivity contribution in [1.29, 1.82) is 0 Å². The van der Waals surface area contributed by atoms with E-state index in [2.05, 4.69) is 58.0 Å². The van der Waals surface area contributed by atoms with Gasteiger partial charge in [-0.15, -0.1) is 0 Å². The first-order chi connectivity index (χ1) is 9.43. The molecule has 0 heterocycles. The van der Waals surface area contributed by atoms with E-state index in [1.807, 2.05) is 0 Å². The lowest BCUT2D eigenvalue weighted by molar-refractivity contribution is 0.411. The quantitative estimate of drug-likeness (QED) is 0.914. The molecule has 2 aromatic carbocycles. The highest BCUT2D eigenvalue weighted by molar-refractivity contribution is 5.47. The molecule has 0 aliphatic heterocycles. The second kappa shape index (κ2) is 5.68. The van der Waals surface area contributed by atoms with Crippen LogP contribution in [0.25, 0.3) is 0 Å². The van der Waals surface area contributed by atoms with Gasteiger partial charge in [-0.1, -0.05) is 29.8 Å². The van der Waals surface area contributed by atoms with Crippen molar-refractivity contribution in [2.45, 2.75) is 33.7 Å². The van der Waals surface area contributed by atoms with Gasteiger partial charge in [0, 0.05) is 0 Å². The predicted octanol–water partition coefficient (Wildman–Crippen LogP) is 3.98. The molecule has 0 aliphatic carbocycles. The first kappa shape index (κ1) is 14.6. The number of methoxy groups -OCH3 is 1. The molecule has 1 unspecified atom stereocenters. The third-order valence-corrected chi connectivity index (χ3v) is 3.88. The molecule has 0 aliphatic rings. The van der Waals surface area contributed by atoms with Gasteiger partial charge in [0.05, 0.1) is 13.2 Å². The first-order valence-corrected chi connectivity index (χ1v) is 6.92. The molecule has 2 aromatic rings. The molecule has 106 valence electrons. The van der Waals surface area contributed by atoms with Crippen molar-refractivity contribution < 1.29 is 4.74 Å². The topological polar surface area (TPSA) is 35.2 Å². The Morgan fingerprint density at radius 2 is 1.50 bits per heavy atom. The molecule has 1 atom stereocenters. The van der Waals surface area contributed by atoms with Crippen molar-refractivity contribution >= 4 is 0 Å². The van der Waals surface area contributed by atoms with E-state index in [-0.39, 0.29) is 6.04 Å². The SMILES string of the molecule is COc1cc(C)c(C(N)c2ccc(C)cc2C)cc1C. The van der Waals surface area contributed by atoms with Gasteiger partial charge >= 0.3 is 0 Å². The maximum absolute atomic E-state index is 6.49. The van der Waals surface area contributed by atoms with Gasteiger partial charge in [0.15, 0.2) is 0 Å². The van der Waals surface area contributed by atoms with Crippen molar-refractivity contribution in [2.75, 3.05) is 7.11 Å². The van der Waals surface area contributed by atoms with Crippen molar-refractivity contribution in [2.24, 2.45) is 5.73 Å². The zero-order chi connectivity index (χ0) is 14.9. The fourth-order valence-corrected chi connectivity index (χ4v) is 2.71. The maximum atomic E-state index is 6.49. The molecule has 0 radical (unpaired) electrons. The number of hydrogen-bond acceptors (Lipinski definition) is 2. The fraction of sp³-hybridized carbons (Fsp3) is 0.333. The van der Waals surface area contributed by atoms with Gasteiger partial charge in [0.1, 0.15) is 5.75 Å². The smallest absolute Gasteiger partial charge is 0.122 e. The third-order valence-electron chi connectivity index (χ3n) is 3.88. The third kappa shape index (κ3) is 2.70. The summed E-state index contributed by atoms with van der Waals surface area (Å²) < 4.78 is 5.36. The van der Waals surface area contributed by atoms with E-state index in [9.17, 15) is 0 Å². The van der Waals surface area contributed by atoms with Gasteiger partial charge in [-0.05, 0) is 61.6 Å². The molecular weight excluding hydrogens is 246 g/mol. The van der Waals surface area contributed by atoms with Gasteiger partial charge in [-0.2, -0.15) is 0 Å². The van der Waals surface area contributed by atoms with Crippen LogP contribution in [-0.2, 0) is 0 Å². The van der Waals surface area contributed by atoms with Crippen LogP contribution in [0.1, 0.15) is 39.4 Å². The lowest BCUT2D eigenvalue weighted by Crippen LogP contribution is -2.15. The summed E-state index contributed by atoms with van der Waals surface area (Å²) >= 11 is 0. The summed E-state index contributed by atoms with van der Waals surface area (Å²) in [5.74, 6) is 0.916. The van der Waals surface area contributed by atoms with Gasteiger partial charge < -0.3 is 10.5 Å². The van der Waals surface area contributed by atoms with Gasteiger partial charge in [0.25, 0.3) is 0 Å². The minimum absolute atomic E-state index is 0.0970. The van der Waals surface area contributed by atoms with Crippen LogP contribution in [0.2, 0.25) is 0 Å². The number of ether oxygens (including phenoxy) is 1. The Bertz CT molecular complexity index is 632. The summed E-state index contributed by atoms with van der Waals surface area (Å²) in [5.41, 5.74) is 13.6. The molecule has 20 heavy (non-hydrogen) atoms. The van der Waals surface area contributed by atoms with Gasteiger partial charge in [-0.25, -0.2) is 0 Å². The molecule has 0 spiro atoms. The van der Waals surface area contributed by atoms with Crippen LogP contribution in [0.3, 0.4) is 0 Å². The number of nitrogens with two attached hydrogens (primary N) is 1. The normalized spacial score (nSPS) is 12.3. The standard InChI is InChI=1S/C18H23NO/c1-11-6-7-15(12(2)8-11)18(19)16-9-14(4)17(20-5)10-13(16)3/h6-10,18H,19H2,1-5H3. The summed E-state index contributed by atoms with van der Waals surface area (Å²) in [6.45, 7) is 8.36. The molecule has 2 rings (SSSR count). The Morgan fingerprint density at radius 3 is 2.10 bits per heavy atom. The van der Waals surface area contributed by atoms with Crippen LogP contribution in [0.15, 0.2) is 30.3 Å². The Balaban J connectivity index is 2.48. The van der Waals surface area contributed by atoms with E-state index in [0.717, 1.165) is 16.9 Å². The number of benzene rings is 2. The average molecular weight is 269 g/mol. The van der Waals surface area contributed by atoms with Crippen LogP contribution in [-0.4, -0.2) is 7.11 Å². The molecule has 0 saturated heterocycles. The summed E-state index contributed by atoms with van der Waals surface area (Å²) in [5, 5.41) is 0. The van der Waals surface area contributed by atoms with Crippen molar-refractivity contribution in [1.82, 2.24) is 0 Å². The molecule has 0 aromatic heterocycles. The van der Waals surface area contributed by atoms with E-state index in [4.69, 9.17) is 10.5 Å². The van der Waals surface area contributed by atoms with Crippen LogP contribution in [0.5, 0.6) is 5.75 Å². The minimum atomic E-state index is -0.0970. The predicted molar refractivity (Wildman–Crippen MR) is 84.4 cm³/mol. The number of hydrogen-bond donors (Lipinski definition) is 1. The Hall–Kier alpha value is -1.80. The monoisotopic (exact) mass is 269 g/mol. The minimum Gasteiger partial charge on any atom is -0.496 e. The number of rotatable bonds is 3. The van der Waals surface area contributed by atoms with Crippen molar-refractivity contribution in [3.63, 3.8) is 0 Å². The second-order valence-electron chi connectivity index (χ2n) is 5.52. The van der Waals surface area contributed by atoms with E-state index >= 15 is 0 Å². The number of aryl methyl sites for hydroxylation is 4. The van der Waals surface area contributed by atoms with E-state index in [0.29, 0.717) is 0 Å². The molecule has 0 saturated carbocycles. The van der Waals surface area contributed by atoms with Gasteiger partial charge in [-0.3, -0.25) is 0 Å². The average Bonchev–Trinajstić information content (AvgIpc) is 2.40. The maximum Gasteiger partial charge on any atom is 0.122 e. The molecule has 2 N–H and O–H groups in total. The highest BCUT2D eigenvalue weighted by Crippen LogP contribution is 2.30. The molecule has 2 heteroatoms. The largest absolute Gasteiger partial charge is 0.496 e. The molecule has 2 nitrogen and oxygen atoms in total. The highest BCUT2D eigenvalue weighted by atomic mass is 16.5. The molecular formula is C18H23NO. The lowest BCUT2D eigenvalue weighted by Gasteiger charge is -2.19. The van der Waals surface area contributed by atoms with E-state index in [1.165, 1.54) is 22.3 Å².